The number of hydrogen-bond acceptors (Lipinski definition) is 4. The van der Waals surface area contributed by atoms with Crippen molar-refractivity contribution in [3.8, 4) is 0 Å². The lowest BCUT2D eigenvalue weighted by Gasteiger charge is -2.14. The predicted octanol–water partition coefficient (Wildman–Crippen LogP) is 3.04. The number of hydrogen-bond donors (Lipinski definition) is 2. The molecule has 0 fully saturated rings. The van der Waals surface area contributed by atoms with Gasteiger partial charge in [-0.1, -0.05) is 62.4 Å². The van der Waals surface area contributed by atoms with E-state index in [9.17, 15) is 14.4 Å². The molecule has 2 amide bonds. The molecule has 0 aliphatic carbocycles. The fourth-order valence-corrected chi connectivity index (χ4v) is 2.84. The zero-order valence-electron chi connectivity index (χ0n) is 16.2. The maximum atomic E-state index is 12.2. The Morgan fingerprint density at radius 2 is 1.61 bits per heavy atom. The molecule has 0 saturated heterocycles. The molecule has 148 valence electrons. The van der Waals surface area contributed by atoms with Crippen molar-refractivity contribution in [1.29, 1.82) is 0 Å². The second-order valence-electron chi connectivity index (χ2n) is 6.31. The molecule has 0 heterocycles. The van der Waals surface area contributed by atoms with Gasteiger partial charge in [-0.15, -0.1) is 0 Å². The number of ether oxygens (including phenoxy) is 1. The van der Waals surface area contributed by atoms with Gasteiger partial charge in [0.1, 0.15) is 0 Å². The number of para-hydroxylation sites is 1. The Morgan fingerprint density at radius 3 is 2.29 bits per heavy atom. The number of aryl methyl sites for hydroxylation is 1. The Bertz CT molecular complexity index is 805. The lowest BCUT2D eigenvalue weighted by Crippen LogP contribution is -2.36. The molecule has 2 aromatic rings. The number of carbonyl (C=O) groups excluding carboxylic acids is 3. The number of benzene rings is 2. The molecule has 0 aliphatic rings. The van der Waals surface area contributed by atoms with Crippen LogP contribution in [-0.4, -0.2) is 30.9 Å². The van der Waals surface area contributed by atoms with Gasteiger partial charge < -0.3 is 15.4 Å². The molecule has 0 aliphatic heterocycles. The van der Waals surface area contributed by atoms with Crippen LogP contribution in [0, 0.1) is 0 Å². The maximum absolute atomic E-state index is 12.2. The third kappa shape index (κ3) is 6.23. The summed E-state index contributed by atoms with van der Waals surface area (Å²) in [5, 5.41) is 5.23. The summed E-state index contributed by atoms with van der Waals surface area (Å²) in [4.78, 5) is 36.2. The average Bonchev–Trinajstić information content (AvgIpc) is 2.72. The smallest absolute Gasteiger partial charge is 0.313 e. The first kappa shape index (κ1) is 21.2. The lowest BCUT2D eigenvalue weighted by atomic mass is 9.97. The number of carbonyl (C=O) groups is 3. The zero-order valence-corrected chi connectivity index (χ0v) is 16.2. The van der Waals surface area contributed by atoms with Gasteiger partial charge in [-0.05, 0) is 30.0 Å². The summed E-state index contributed by atoms with van der Waals surface area (Å²) in [6.07, 6.45) is 1.36. The van der Waals surface area contributed by atoms with Crippen molar-refractivity contribution in [2.75, 3.05) is 18.5 Å². The minimum absolute atomic E-state index is 0.190. The number of rotatable bonds is 9. The maximum Gasteiger partial charge on any atom is 0.313 e. The minimum Gasteiger partial charge on any atom is -0.455 e. The fourth-order valence-electron chi connectivity index (χ4n) is 2.84. The normalized spacial score (nSPS) is 11.4. The molecule has 2 rings (SSSR count). The van der Waals surface area contributed by atoms with E-state index in [-0.39, 0.29) is 12.5 Å². The molecule has 0 aromatic heterocycles. The van der Waals surface area contributed by atoms with Gasteiger partial charge in [0, 0.05) is 5.69 Å². The van der Waals surface area contributed by atoms with Crippen LogP contribution in [0.3, 0.4) is 0 Å². The Hall–Kier alpha value is -3.15. The molecule has 6 nitrogen and oxygen atoms in total. The molecule has 0 radical (unpaired) electrons. The van der Waals surface area contributed by atoms with Crippen LogP contribution in [0.15, 0.2) is 54.6 Å². The van der Waals surface area contributed by atoms with E-state index in [4.69, 9.17) is 4.74 Å². The zero-order chi connectivity index (χ0) is 20.4. The Kier molecular flexibility index (Phi) is 8.21. The second kappa shape index (κ2) is 10.9. The first-order valence-electron chi connectivity index (χ1n) is 9.41. The van der Waals surface area contributed by atoms with Crippen LogP contribution < -0.4 is 10.6 Å². The highest BCUT2D eigenvalue weighted by Crippen LogP contribution is 2.20. The largest absolute Gasteiger partial charge is 0.455 e. The molecule has 28 heavy (non-hydrogen) atoms. The third-order valence-electron chi connectivity index (χ3n) is 4.36. The summed E-state index contributed by atoms with van der Waals surface area (Å²) < 4.78 is 5.12. The highest BCUT2D eigenvalue weighted by molar-refractivity contribution is 5.95. The van der Waals surface area contributed by atoms with Gasteiger partial charge in [-0.3, -0.25) is 14.4 Å². The van der Waals surface area contributed by atoms with Crippen molar-refractivity contribution in [3.63, 3.8) is 0 Å². The van der Waals surface area contributed by atoms with Gasteiger partial charge in [0.05, 0.1) is 12.5 Å². The molecule has 2 aromatic carbocycles. The molecular formula is C22H26N2O4. The SMILES string of the molecule is CCc1ccccc1NC(=O)CNC(=O)COC(=O)[C@@H](CC)c1ccccc1. The predicted molar refractivity (Wildman–Crippen MR) is 108 cm³/mol. The van der Waals surface area contributed by atoms with Crippen LogP contribution in [0.4, 0.5) is 5.69 Å². The number of amides is 2. The topological polar surface area (TPSA) is 84.5 Å². The van der Waals surface area contributed by atoms with E-state index in [1.54, 1.807) is 0 Å². The van der Waals surface area contributed by atoms with Gasteiger partial charge in [0.25, 0.3) is 5.91 Å². The van der Waals surface area contributed by atoms with E-state index in [2.05, 4.69) is 10.6 Å². The number of nitrogens with one attached hydrogen (secondary N) is 2. The van der Waals surface area contributed by atoms with E-state index in [1.807, 2.05) is 68.4 Å². The average molecular weight is 382 g/mol. The highest BCUT2D eigenvalue weighted by atomic mass is 16.5. The minimum atomic E-state index is -0.518. The van der Waals surface area contributed by atoms with Crippen LogP contribution in [0.1, 0.15) is 37.3 Å². The standard InChI is InChI=1S/C22H26N2O4/c1-3-16-10-8-9-13-19(16)24-20(25)14-23-21(26)15-28-22(27)18(4-2)17-11-6-5-7-12-17/h5-13,18H,3-4,14-15H2,1-2H3,(H,23,26)(H,24,25)/t18-/m0/s1. The van der Waals surface area contributed by atoms with Crippen molar-refractivity contribution in [2.45, 2.75) is 32.6 Å². The van der Waals surface area contributed by atoms with Crippen molar-refractivity contribution >= 4 is 23.5 Å². The van der Waals surface area contributed by atoms with Crippen molar-refractivity contribution in [1.82, 2.24) is 5.32 Å². The van der Waals surface area contributed by atoms with Gasteiger partial charge in [-0.2, -0.15) is 0 Å². The Labute approximate surface area is 165 Å². The van der Waals surface area contributed by atoms with E-state index >= 15 is 0 Å². The third-order valence-corrected chi connectivity index (χ3v) is 4.36. The monoisotopic (exact) mass is 382 g/mol. The van der Waals surface area contributed by atoms with Crippen LogP contribution in [0.2, 0.25) is 0 Å². The lowest BCUT2D eigenvalue weighted by molar-refractivity contribution is -0.150. The van der Waals surface area contributed by atoms with Gasteiger partial charge in [-0.25, -0.2) is 0 Å². The molecule has 0 bridgehead atoms. The molecule has 1 atom stereocenters. The van der Waals surface area contributed by atoms with Crippen LogP contribution in [0.5, 0.6) is 0 Å². The molecule has 0 unspecified atom stereocenters. The first-order chi connectivity index (χ1) is 13.5. The molecule has 2 N–H and O–H groups in total. The van der Waals surface area contributed by atoms with Crippen molar-refractivity contribution in [2.24, 2.45) is 0 Å². The summed E-state index contributed by atoms with van der Waals surface area (Å²) >= 11 is 0. The van der Waals surface area contributed by atoms with Crippen LogP contribution >= 0.6 is 0 Å². The molecule has 0 spiro atoms. The highest BCUT2D eigenvalue weighted by Gasteiger charge is 2.21. The summed E-state index contributed by atoms with van der Waals surface area (Å²) in [6, 6.07) is 16.8. The van der Waals surface area contributed by atoms with Crippen molar-refractivity contribution in [3.05, 3.63) is 65.7 Å². The van der Waals surface area contributed by atoms with E-state index < -0.39 is 24.4 Å². The Morgan fingerprint density at radius 1 is 0.929 bits per heavy atom. The van der Waals surface area contributed by atoms with Crippen LogP contribution in [-0.2, 0) is 25.5 Å². The summed E-state index contributed by atoms with van der Waals surface area (Å²) in [7, 11) is 0. The number of anilines is 1. The molecular weight excluding hydrogens is 356 g/mol. The van der Waals surface area contributed by atoms with Crippen LogP contribution in [0.25, 0.3) is 0 Å². The Balaban J connectivity index is 1.77. The first-order valence-corrected chi connectivity index (χ1v) is 9.41. The van der Waals surface area contributed by atoms with Crippen molar-refractivity contribution < 1.29 is 19.1 Å². The van der Waals surface area contributed by atoms with E-state index in [0.717, 1.165) is 23.2 Å². The van der Waals surface area contributed by atoms with Gasteiger partial charge >= 0.3 is 5.97 Å². The quantitative estimate of drug-likeness (QED) is 0.653. The van der Waals surface area contributed by atoms with E-state index in [0.29, 0.717) is 6.42 Å². The molecule has 6 heteroatoms. The number of esters is 1. The fraction of sp³-hybridized carbons (Fsp3) is 0.318. The van der Waals surface area contributed by atoms with Gasteiger partial charge in [0.2, 0.25) is 5.91 Å². The summed E-state index contributed by atoms with van der Waals surface area (Å²) in [6.45, 7) is 3.28. The molecule has 0 saturated carbocycles. The summed E-state index contributed by atoms with van der Waals surface area (Å²) in [5.41, 5.74) is 2.59. The van der Waals surface area contributed by atoms with E-state index in [1.165, 1.54) is 0 Å². The van der Waals surface area contributed by atoms with Gasteiger partial charge in [0.15, 0.2) is 6.61 Å². The second-order valence-corrected chi connectivity index (χ2v) is 6.31. The summed E-state index contributed by atoms with van der Waals surface area (Å²) in [5.74, 6) is -1.72.